The van der Waals surface area contributed by atoms with E-state index in [0.717, 1.165) is 20.8 Å². The maximum Gasteiger partial charge on any atom is 0.171 e. The Morgan fingerprint density at radius 3 is 2.76 bits per heavy atom. The molecule has 1 heterocycles. The molecule has 0 unspecified atom stereocenters. The Kier molecular flexibility index (Phi) is 3.77. The molecule has 3 aromatic rings. The van der Waals surface area contributed by atoms with Gasteiger partial charge in [0.05, 0.1) is 5.03 Å². The van der Waals surface area contributed by atoms with Crippen molar-refractivity contribution in [2.75, 3.05) is 0 Å². The Balaban J connectivity index is 2.01. The third-order valence-corrected chi connectivity index (χ3v) is 4.30. The number of rotatable bonds is 3. The molecule has 6 heteroatoms. The normalized spacial score (nSPS) is 12.0. The number of hydrogen-bond donors (Lipinski definition) is 3. The summed E-state index contributed by atoms with van der Waals surface area (Å²) in [6.07, 6.45) is 0. The molecule has 4 N–H and O–H groups in total. The number of halogens is 1. The van der Waals surface area contributed by atoms with Crippen LogP contribution in [0, 0.1) is 0 Å². The number of H-pyrrole nitrogens is 1. The first-order chi connectivity index (χ1) is 10.2. The fourth-order valence-electron chi connectivity index (χ4n) is 2.07. The van der Waals surface area contributed by atoms with Gasteiger partial charge in [0.1, 0.15) is 0 Å². The molecular formula is C15H12ClN3OS. The molecule has 0 atom stereocenters. The average molecular weight is 318 g/mol. The number of benzene rings is 2. The number of nitrogens with two attached hydrogens (primary N) is 1. The lowest BCUT2D eigenvalue weighted by molar-refractivity contribution is 0.318. The molecule has 0 saturated carbocycles. The summed E-state index contributed by atoms with van der Waals surface area (Å²) >= 11 is 7.48. The zero-order valence-electron chi connectivity index (χ0n) is 10.9. The number of amidine groups is 1. The zero-order valence-corrected chi connectivity index (χ0v) is 12.4. The molecule has 0 radical (unpaired) electrons. The molecule has 0 amide bonds. The van der Waals surface area contributed by atoms with Gasteiger partial charge in [0.15, 0.2) is 5.84 Å². The molecular weight excluding hydrogens is 306 g/mol. The van der Waals surface area contributed by atoms with Crippen molar-refractivity contribution in [2.24, 2.45) is 10.9 Å². The van der Waals surface area contributed by atoms with Gasteiger partial charge in [-0.1, -0.05) is 46.7 Å². The zero-order chi connectivity index (χ0) is 14.8. The van der Waals surface area contributed by atoms with Crippen molar-refractivity contribution in [3.63, 3.8) is 0 Å². The van der Waals surface area contributed by atoms with Crippen molar-refractivity contribution < 1.29 is 5.21 Å². The first kappa shape index (κ1) is 13.9. The molecule has 2 aromatic carbocycles. The summed E-state index contributed by atoms with van der Waals surface area (Å²) in [5, 5.41) is 14.6. The second-order valence-electron chi connectivity index (χ2n) is 4.45. The van der Waals surface area contributed by atoms with Crippen molar-refractivity contribution in [1.29, 1.82) is 0 Å². The van der Waals surface area contributed by atoms with Gasteiger partial charge in [-0.25, -0.2) is 0 Å². The maximum atomic E-state index is 8.89. The van der Waals surface area contributed by atoms with E-state index in [1.165, 1.54) is 11.8 Å². The lowest BCUT2D eigenvalue weighted by atomic mass is 10.2. The average Bonchev–Trinajstić information content (AvgIpc) is 2.90. The van der Waals surface area contributed by atoms with Crippen LogP contribution in [0.1, 0.15) is 5.56 Å². The van der Waals surface area contributed by atoms with Crippen molar-refractivity contribution in [2.45, 2.75) is 9.92 Å². The van der Waals surface area contributed by atoms with Crippen LogP contribution < -0.4 is 5.73 Å². The molecule has 3 rings (SSSR count). The molecule has 0 aliphatic carbocycles. The molecule has 106 valence electrons. The first-order valence-electron chi connectivity index (χ1n) is 6.20. The van der Waals surface area contributed by atoms with Crippen LogP contribution >= 0.6 is 23.4 Å². The lowest BCUT2D eigenvalue weighted by Crippen LogP contribution is -2.14. The van der Waals surface area contributed by atoms with Gasteiger partial charge in [0.25, 0.3) is 0 Å². The summed E-state index contributed by atoms with van der Waals surface area (Å²) in [6.45, 7) is 0. The number of fused-ring (bicyclic) bond motifs is 1. The summed E-state index contributed by atoms with van der Waals surface area (Å²) in [5.41, 5.74) is 7.38. The molecule has 21 heavy (non-hydrogen) atoms. The second kappa shape index (κ2) is 5.71. The number of nitrogens with one attached hydrogen (secondary N) is 1. The Morgan fingerprint density at radius 1 is 1.19 bits per heavy atom. The molecule has 0 aliphatic rings. The van der Waals surface area contributed by atoms with Crippen LogP contribution in [0.4, 0.5) is 0 Å². The van der Waals surface area contributed by atoms with Gasteiger partial charge < -0.3 is 15.9 Å². The van der Waals surface area contributed by atoms with Crippen LogP contribution in [0.3, 0.4) is 0 Å². The minimum Gasteiger partial charge on any atom is -0.409 e. The van der Waals surface area contributed by atoms with Crippen LogP contribution in [0.15, 0.2) is 63.6 Å². The second-order valence-corrected chi connectivity index (χ2v) is 5.97. The topological polar surface area (TPSA) is 74.4 Å². The molecule has 0 bridgehead atoms. The molecule has 0 saturated heterocycles. The highest BCUT2D eigenvalue weighted by molar-refractivity contribution is 7.99. The Morgan fingerprint density at radius 2 is 2.00 bits per heavy atom. The van der Waals surface area contributed by atoms with Gasteiger partial charge in [0, 0.05) is 26.4 Å². The summed E-state index contributed by atoms with van der Waals surface area (Å²) in [4.78, 5) is 4.19. The predicted molar refractivity (Wildman–Crippen MR) is 86.4 cm³/mol. The van der Waals surface area contributed by atoms with Gasteiger partial charge in [0.2, 0.25) is 0 Å². The van der Waals surface area contributed by atoms with Crippen LogP contribution in [-0.4, -0.2) is 16.0 Å². The van der Waals surface area contributed by atoms with E-state index in [9.17, 15) is 0 Å². The van der Waals surface area contributed by atoms with E-state index in [0.29, 0.717) is 10.6 Å². The number of nitrogens with zero attached hydrogens (tertiary/aromatic N) is 1. The van der Waals surface area contributed by atoms with Gasteiger partial charge >= 0.3 is 0 Å². The fourth-order valence-corrected chi connectivity index (χ4v) is 3.23. The van der Waals surface area contributed by atoms with Crippen LogP contribution in [-0.2, 0) is 0 Å². The van der Waals surface area contributed by atoms with E-state index in [1.807, 2.05) is 30.3 Å². The molecule has 4 nitrogen and oxygen atoms in total. The van der Waals surface area contributed by atoms with E-state index in [-0.39, 0.29) is 5.84 Å². The van der Waals surface area contributed by atoms with E-state index in [2.05, 4.69) is 16.2 Å². The SMILES string of the molecule is N/C(=N/O)c1cc(Cl)ccc1Sc1cc2ccccc2[nH]1. The van der Waals surface area contributed by atoms with Gasteiger partial charge in [-0.15, -0.1) is 0 Å². The summed E-state index contributed by atoms with van der Waals surface area (Å²) in [7, 11) is 0. The van der Waals surface area contributed by atoms with E-state index in [1.54, 1.807) is 12.1 Å². The van der Waals surface area contributed by atoms with Crippen LogP contribution in [0.5, 0.6) is 0 Å². The van der Waals surface area contributed by atoms with Crippen molar-refractivity contribution in [1.82, 2.24) is 4.98 Å². The van der Waals surface area contributed by atoms with Gasteiger partial charge in [-0.3, -0.25) is 0 Å². The molecule has 0 spiro atoms. The number of aromatic nitrogens is 1. The number of oxime groups is 1. The largest absolute Gasteiger partial charge is 0.409 e. The third kappa shape index (κ3) is 2.84. The van der Waals surface area contributed by atoms with Crippen molar-refractivity contribution >= 4 is 40.1 Å². The third-order valence-electron chi connectivity index (χ3n) is 3.05. The molecule has 0 fully saturated rings. The van der Waals surface area contributed by atoms with E-state index in [4.69, 9.17) is 22.5 Å². The minimum atomic E-state index is 0.0381. The highest BCUT2D eigenvalue weighted by atomic mass is 35.5. The van der Waals surface area contributed by atoms with E-state index >= 15 is 0 Å². The number of aromatic amines is 1. The van der Waals surface area contributed by atoms with E-state index < -0.39 is 0 Å². The lowest BCUT2D eigenvalue weighted by Gasteiger charge is -2.07. The standard InChI is InChI=1S/C15H12ClN3OS/c16-10-5-6-13(11(8-10)15(17)19-20)21-14-7-9-3-1-2-4-12(9)18-14/h1-8,18,20H,(H2,17,19). The number of hydrogen-bond acceptors (Lipinski definition) is 3. The molecule has 0 aliphatic heterocycles. The first-order valence-corrected chi connectivity index (χ1v) is 7.40. The van der Waals surface area contributed by atoms with Crippen molar-refractivity contribution in [3.8, 4) is 0 Å². The highest BCUT2D eigenvalue weighted by Gasteiger charge is 2.11. The fraction of sp³-hybridized carbons (Fsp3) is 0. The van der Waals surface area contributed by atoms with Gasteiger partial charge in [-0.05, 0) is 30.3 Å². The Hall–Kier alpha value is -2.11. The monoisotopic (exact) mass is 317 g/mol. The summed E-state index contributed by atoms with van der Waals surface area (Å²) in [5.74, 6) is 0.0381. The molecule has 1 aromatic heterocycles. The van der Waals surface area contributed by atoms with Crippen LogP contribution in [0.2, 0.25) is 5.02 Å². The number of para-hydroxylation sites is 1. The maximum absolute atomic E-state index is 8.89. The van der Waals surface area contributed by atoms with Crippen LogP contribution in [0.25, 0.3) is 10.9 Å². The highest BCUT2D eigenvalue weighted by Crippen LogP contribution is 2.33. The van der Waals surface area contributed by atoms with Crippen molar-refractivity contribution in [3.05, 3.63) is 59.1 Å². The smallest absolute Gasteiger partial charge is 0.171 e. The minimum absolute atomic E-state index is 0.0381. The summed E-state index contributed by atoms with van der Waals surface area (Å²) < 4.78 is 0. The summed E-state index contributed by atoms with van der Waals surface area (Å²) in [6, 6.07) is 15.4. The van der Waals surface area contributed by atoms with Gasteiger partial charge in [-0.2, -0.15) is 0 Å². The Bertz CT molecular complexity index is 796. The predicted octanol–water partition coefficient (Wildman–Crippen LogP) is 4.07. The quantitative estimate of drug-likeness (QED) is 0.295. The Labute approximate surface area is 130 Å².